The fourth-order valence-electron chi connectivity index (χ4n) is 1.93. The van der Waals surface area contributed by atoms with Crippen molar-refractivity contribution in [3.8, 4) is 5.19 Å². The highest BCUT2D eigenvalue weighted by Crippen LogP contribution is 2.29. The van der Waals surface area contributed by atoms with Crippen molar-refractivity contribution in [1.29, 1.82) is 0 Å². The number of ether oxygens (including phenoxy) is 1. The van der Waals surface area contributed by atoms with Gasteiger partial charge in [-0.05, 0) is 6.92 Å². The van der Waals surface area contributed by atoms with Crippen LogP contribution >= 0.6 is 22.7 Å². The normalized spacial score (nSPS) is 14.4. The first kappa shape index (κ1) is 15.7. The third kappa shape index (κ3) is 3.99. The predicted octanol–water partition coefficient (Wildman–Crippen LogP) is 0.747. The molecule has 1 N–H and O–H groups in total. The summed E-state index contributed by atoms with van der Waals surface area (Å²) >= 11 is 2.61. The molecule has 1 amide bonds. The molecule has 1 saturated heterocycles. The highest BCUT2D eigenvalue weighted by atomic mass is 32.1. The summed E-state index contributed by atoms with van der Waals surface area (Å²) < 4.78 is 5.71. The van der Waals surface area contributed by atoms with E-state index >= 15 is 0 Å². The van der Waals surface area contributed by atoms with Crippen LogP contribution in [-0.4, -0.2) is 51.3 Å². The molecule has 0 unspecified atom stereocenters. The molecule has 11 heteroatoms. The summed E-state index contributed by atoms with van der Waals surface area (Å²) in [4.78, 5) is 24.0. The smallest absolute Gasteiger partial charge is 0.294 e. The number of Topliss-reactive ketones (excluding diaryl/α,β-unsaturated/α-hetero) is 1. The van der Waals surface area contributed by atoms with Gasteiger partial charge in [0.15, 0.2) is 0 Å². The largest absolute Gasteiger partial charge is 0.462 e. The highest BCUT2D eigenvalue weighted by Gasteiger charge is 2.32. The number of carbonyl (C=O) groups is 2. The maximum Gasteiger partial charge on any atom is 0.294 e. The summed E-state index contributed by atoms with van der Waals surface area (Å²) in [6.45, 7) is 4.27. The molecule has 0 saturated carbocycles. The number of hydrogen-bond donors (Lipinski definition) is 1. The zero-order valence-corrected chi connectivity index (χ0v) is 14.1. The van der Waals surface area contributed by atoms with E-state index in [0.717, 1.165) is 5.13 Å². The second-order valence-electron chi connectivity index (χ2n) is 5.06. The van der Waals surface area contributed by atoms with Crippen molar-refractivity contribution in [3.05, 3.63) is 5.01 Å². The van der Waals surface area contributed by atoms with E-state index in [9.17, 15) is 9.59 Å². The lowest BCUT2D eigenvalue weighted by Crippen LogP contribution is -2.54. The topological polar surface area (TPSA) is 110 Å². The number of ketones is 1. The van der Waals surface area contributed by atoms with Crippen LogP contribution in [0.3, 0.4) is 0 Å². The molecule has 1 aliphatic rings. The maximum absolute atomic E-state index is 11.0. The molecule has 0 spiro atoms. The summed E-state index contributed by atoms with van der Waals surface area (Å²) in [6.07, 6.45) is 0.287. The van der Waals surface area contributed by atoms with Crippen LogP contribution in [0.2, 0.25) is 0 Å². The van der Waals surface area contributed by atoms with Gasteiger partial charge in [-0.1, -0.05) is 22.7 Å². The van der Waals surface area contributed by atoms with Gasteiger partial charge in [0.2, 0.25) is 16.2 Å². The zero-order chi connectivity index (χ0) is 16.4. The number of amides is 1. The molecule has 0 aliphatic carbocycles. The number of nitrogens with zero attached hydrogens (tertiary/aromatic N) is 5. The average molecular weight is 354 g/mol. The number of carbonyl (C=O) groups excluding carboxylic acids is 2. The van der Waals surface area contributed by atoms with Crippen molar-refractivity contribution >= 4 is 44.6 Å². The van der Waals surface area contributed by atoms with Gasteiger partial charge in [-0.3, -0.25) is 9.59 Å². The van der Waals surface area contributed by atoms with E-state index in [1.807, 2.05) is 4.90 Å². The third-order valence-corrected chi connectivity index (χ3v) is 4.65. The van der Waals surface area contributed by atoms with Crippen LogP contribution in [0, 0.1) is 0 Å². The summed E-state index contributed by atoms with van der Waals surface area (Å²) in [5, 5.41) is 20.7. The van der Waals surface area contributed by atoms with E-state index in [0.29, 0.717) is 28.4 Å². The quantitative estimate of drug-likeness (QED) is 0.809. The number of rotatable bonds is 6. The van der Waals surface area contributed by atoms with Crippen molar-refractivity contribution in [1.82, 2.24) is 20.4 Å². The first-order chi connectivity index (χ1) is 11.0. The Balaban J connectivity index is 1.49. The van der Waals surface area contributed by atoms with Crippen LogP contribution in [0.15, 0.2) is 0 Å². The molecule has 0 bridgehead atoms. The summed E-state index contributed by atoms with van der Waals surface area (Å²) in [7, 11) is 0. The van der Waals surface area contributed by atoms with Crippen molar-refractivity contribution in [2.75, 3.05) is 23.3 Å². The molecule has 1 fully saturated rings. The van der Waals surface area contributed by atoms with E-state index in [2.05, 4.69) is 25.7 Å². The third-order valence-electron chi connectivity index (χ3n) is 2.93. The molecule has 2 aromatic heterocycles. The van der Waals surface area contributed by atoms with Gasteiger partial charge >= 0.3 is 0 Å². The Labute approximate surface area is 139 Å². The Hall–Kier alpha value is -2.14. The second kappa shape index (κ2) is 6.54. The van der Waals surface area contributed by atoms with Gasteiger partial charge in [0.25, 0.3) is 5.19 Å². The fourth-order valence-corrected chi connectivity index (χ4v) is 3.56. The first-order valence-corrected chi connectivity index (χ1v) is 8.47. The molecule has 0 radical (unpaired) electrons. The monoisotopic (exact) mass is 354 g/mol. The van der Waals surface area contributed by atoms with Crippen molar-refractivity contribution in [2.24, 2.45) is 0 Å². The van der Waals surface area contributed by atoms with Crippen LogP contribution in [0.25, 0.3) is 0 Å². The average Bonchev–Trinajstić information content (AvgIpc) is 3.01. The van der Waals surface area contributed by atoms with Crippen LogP contribution in [0.5, 0.6) is 5.19 Å². The van der Waals surface area contributed by atoms with Crippen LogP contribution in [0.4, 0.5) is 10.3 Å². The van der Waals surface area contributed by atoms with Gasteiger partial charge in [-0.2, -0.15) is 0 Å². The standard InChI is InChI=1S/C12H14N6O3S2/c1-6(19)3-9-14-17-12(22-9)21-8-4-18(5-8)11-16-15-10(23-11)13-7(2)20/h8H,3-5H2,1-2H3,(H,13,15,20). The number of aromatic nitrogens is 4. The van der Waals surface area contributed by atoms with E-state index in [4.69, 9.17) is 4.74 Å². The zero-order valence-electron chi connectivity index (χ0n) is 12.5. The van der Waals surface area contributed by atoms with Crippen molar-refractivity contribution in [3.63, 3.8) is 0 Å². The van der Waals surface area contributed by atoms with E-state index < -0.39 is 0 Å². The minimum Gasteiger partial charge on any atom is -0.462 e. The summed E-state index contributed by atoms with van der Waals surface area (Å²) in [5.74, 6) is -0.121. The first-order valence-electron chi connectivity index (χ1n) is 6.84. The van der Waals surface area contributed by atoms with E-state index in [-0.39, 0.29) is 24.2 Å². The predicted molar refractivity (Wildman–Crippen MR) is 85.1 cm³/mol. The Morgan fingerprint density at radius 2 is 2.00 bits per heavy atom. The SMILES string of the molecule is CC(=O)Cc1nnc(OC2CN(c3nnc(NC(C)=O)s3)C2)s1. The molecule has 9 nitrogen and oxygen atoms in total. The Morgan fingerprint density at radius 1 is 1.22 bits per heavy atom. The molecule has 3 rings (SSSR count). The summed E-state index contributed by atoms with van der Waals surface area (Å²) in [5.41, 5.74) is 0. The molecule has 3 heterocycles. The lowest BCUT2D eigenvalue weighted by atomic mass is 10.2. The molecular weight excluding hydrogens is 340 g/mol. The lowest BCUT2D eigenvalue weighted by molar-refractivity contribution is -0.116. The molecular formula is C12H14N6O3S2. The van der Waals surface area contributed by atoms with Gasteiger partial charge in [0, 0.05) is 6.92 Å². The molecule has 1 aliphatic heterocycles. The van der Waals surface area contributed by atoms with Crippen LogP contribution < -0.4 is 15.0 Å². The maximum atomic E-state index is 11.0. The molecule has 0 atom stereocenters. The molecule has 2 aromatic rings. The van der Waals surface area contributed by atoms with Gasteiger partial charge in [0.05, 0.1) is 19.5 Å². The van der Waals surface area contributed by atoms with Crippen molar-refractivity contribution < 1.29 is 14.3 Å². The number of hydrogen-bond acceptors (Lipinski definition) is 10. The molecule has 122 valence electrons. The van der Waals surface area contributed by atoms with Gasteiger partial charge in [-0.25, -0.2) is 0 Å². The molecule has 23 heavy (non-hydrogen) atoms. The minimum atomic E-state index is -0.171. The van der Waals surface area contributed by atoms with E-state index in [1.54, 1.807) is 0 Å². The van der Waals surface area contributed by atoms with Crippen LogP contribution in [0.1, 0.15) is 18.9 Å². The second-order valence-corrected chi connectivity index (χ2v) is 7.04. The van der Waals surface area contributed by atoms with Gasteiger partial charge in [-0.15, -0.1) is 20.4 Å². The fraction of sp³-hybridized carbons (Fsp3) is 0.500. The van der Waals surface area contributed by atoms with Crippen LogP contribution in [-0.2, 0) is 16.0 Å². The highest BCUT2D eigenvalue weighted by molar-refractivity contribution is 7.19. The molecule has 0 aromatic carbocycles. The number of nitrogens with one attached hydrogen (secondary N) is 1. The van der Waals surface area contributed by atoms with Crippen molar-refractivity contribution in [2.45, 2.75) is 26.4 Å². The van der Waals surface area contributed by atoms with Gasteiger partial charge < -0.3 is 15.0 Å². The Morgan fingerprint density at radius 3 is 2.70 bits per heavy atom. The van der Waals surface area contributed by atoms with E-state index in [1.165, 1.54) is 36.5 Å². The Kier molecular flexibility index (Phi) is 4.48. The lowest BCUT2D eigenvalue weighted by Gasteiger charge is -2.37. The Bertz CT molecular complexity index is 724. The van der Waals surface area contributed by atoms with Gasteiger partial charge in [0.1, 0.15) is 16.9 Å². The number of anilines is 2. The minimum absolute atomic E-state index is 0.00115. The summed E-state index contributed by atoms with van der Waals surface area (Å²) in [6, 6.07) is 0.